The molecular weight excluding hydrogens is 280 g/mol. The topological polar surface area (TPSA) is 36.9 Å². The minimum Gasteiger partial charge on any atom is -0.340 e. The van der Waals surface area contributed by atoms with Gasteiger partial charge in [-0.3, -0.25) is 4.57 Å². The number of anilines is 1. The van der Waals surface area contributed by atoms with Crippen LogP contribution in [0.5, 0.6) is 0 Å². The van der Waals surface area contributed by atoms with Crippen LogP contribution < -0.4 is 4.90 Å². The fourth-order valence-corrected chi connectivity index (χ4v) is 2.44. The van der Waals surface area contributed by atoms with Crippen LogP contribution in [-0.4, -0.2) is 21.8 Å². The van der Waals surface area contributed by atoms with E-state index in [4.69, 9.17) is 23.8 Å². The first-order valence-electron chi connectivity index (χ1n) is 6.22. The summed E-state index contributed by atoms with van der Waals surface area (Å²) in [4.78, 5) is 2.06. The number of hydrogen-bond donors (Lipinski definition) is 1. The molecule has 4 nitrogen and oxygen atoms in total. The van der Waals surface area contributed by atoms with Crippen LogP contribution in [0.3, 0.4) is 0 Å². The maximum Gasteiger partial charge on any atom is 0.225 e. The minimum atomic E-state index is 0.662. The molecule has 102 valence electrons. The van der Waals surface area contributed by atoms with Gasteiger partial charge in [0.1, 0.15) is 0 Å². The molecule has 0 unspecified atom stereocenters. The van der Waals surface area contributed by atoms with Gasteiger partial charge in [-0.25, -0.2) is 5.10 Å². The van der Waals surface area contributed by atoms with Crippen molar-refractivity contribution in [2.75, 3.05) is 11.9 Å². The van der Waals surface area contributed by atoms with Crippen LogP contribution in [-0.2, 0) is 13.1 Å². The second kappa shape index (κ2) is 6.21. The maximum absolute atomic E-state index is 6.00. The predicted octanol–water partition coefficient (Wildman–Crippen LogP) is 3.64. The summed E-state index contributed by atoms with van der Waals surface area (Å²) in [6.07, 6.45) is 1.02. The Balaban J connectivity index is 2.20. The van der Waals surface area contributed by atoms with E-state index in [1.165, 1.54) is 0 Å². The zero-order chi connectivity index (χ0) is 13.8. The zero-order valence-corrected chi connectivity index (χ0v) is 12.6. The van der Waals surface area contributed by atoms with Crippen molar-refractivity contribution < 1.29 is 0 Å². The SMILES string of the molecule is CCCn1c(N(C)Cc2cccc(Cl)c2)n[nH]c1=S. The highest BCUT2D eigenvalue weighted by atomic mass is 35.5. The van der Waals surface area contributed by atoms with Crippen LogP contribution >= 0.6 is 23.8 Å². The normalized spacial score (nSPS) is 10.7. The number of aromatic amines is 1. The van der Waals surface area contributed by atoms with Gasteiger partial charge in [-0.15, -0.1) is 5.10 Å². The first-order valence-corrected chi connectivity index (χ1v) is 7.01. The van der Waals surface area contributed by atoms with Crippen molar-refractivity contribution in [2.45, 2.75) is 26.4 Å². The van der Waals surface area contributed by atoms with Crippen molar-refractivity contribution in [1.29, 1.82) is 0 Å². The fraction of sp³-hybridized carbons (Fsp3) is 0.385. The van der Waals surface area contributed by atoms with E-state index in [0.29, 0.717) is 4.77 Å². The Morgan fingerprint density at radius 1 is 1.47 bits per heavy atom. The van der Waals surface area contributed by atoms with Crippen molar-refractivity contribution in [3.05, 3.63) is 39.6 Å². The van der Waals surface area contributed by atoms with Crippen LogP contribution in [0.15, 0.2) is 24.3 Å². The Bertz CT molecular complexity index is 605. The molecule has 0 aliphatic rings. The van der Waals surface area contributed by atoms with E-state index in [2.05, 4.69) is 22.0 Å². The minimum absolute atomic E-state index is 0.662. The quantitative estimate of drug-likeness (QED) is 0.856. The molecule has 0 radical (unpaired) electrons. The molecule has 0 saturated heterocycles. The molecule has 0 aliphatic heterocycles. The lowest BCUT2D eigenvalue weighted by Crippen LogP contribution is -2.21. The lowest BCUT2D eigenvalue weighted by atomic mass is 10.2. The van der Waals surface area contributed by atoms with Crippen LogP contribution in [0.2, 0.25) is 5.02 Å². The number of benzene rings is 1. The van der Waals surface area contributed by atoms with Crippen molar-refractivity contribution in [3.63, 3.8) is 0 Å². The monoisotopic (exact) mass is 296 g/mol. The Labute approximate surface area is 123 Å². The molecule has 0 bridgehead atoms. The molecule has 2 aromatic rings. The van der Waals surface area contributed by atoms with Gasteiger partial charge in [-0.2, -0.15) is 0 Å². The first-order chi connectivity index (χ1) is 9.11. The van der Waals surface area contributed by atoms with E-state index in [1.807, 2.05) is 35.9 Å². The van der Waals surface area contributed by atoms with Gasteiger partial charge in [-0.05, 0) is 36.3 Å². The van der Waals surface area contributed by atoms with Gasteiger partial charge in [-0.1, -0.05) is 30.7 Å². The smallest absolute Gasteiger partial charge is 0.225 e. The summed E-state index contributed by atoms with van der Waals surface area (Å²) in [5.74, 6) is 0.854. The Morgan fingerprint density at radius 3 is 2.95 bits per heavy atom. The highest BCUT2D eigenvalue weighted by molar-refractivity contribution is 7.71. The fourth-order valence-electron chi connectivity index (χ4n) is 2.01. The van der Waals surface area contributed by atoms with Gasteiger partial charge in [0.25, 0.3) is 0 Å². The highest BCUT2D eigenvalue weighted by Crippen LogP contribution is 2.16. The molecule has 1 heterocycles. The molecule has 0 spiro atoms. The number of nitrogens with one attached hydrogen (secondary N) is 1. The van der Waals surface area contributed by atoms with Gasteiger partial charge < -0.3 is 4.90 Å². The largest absolute Gasteiger partial charge is 0.340 e. The lowest BCUT2D eigenvalue weighted by Gasteiger charge is -2.18. The summed E-state index contributed by atoms with van der Waals surface area (Å²) in [6, 6.07) is 7.84. The summed E-state index contributed by atoms with van der Waals surface area (Å²) in [6.45, 7) is 3.73. The molecule has 0 saturated carbocycles. The Morgan fingerprint density at radius 2 is 2.26 bits per heavy atom. The standard InChI is InChI=1S/C13H17ClN4S/c1-3-7-18-12(15-16-13(18)19)17(2)9-10-5-4-6-11(14)8-10/h4-6,8H,3,7,9H2,1-2H3,(H,16,19). The predicted molar refractivity (Wildman–Crippen MR) is 81.3 cm³/mol. The van der Waals surface area contributed by atoms with Crippen molar-refractivity contribution in [2.24, 2.45) is 0 Å². The molecule has 6 heteroatoms. The van der Waals surface area contributed by atoms with Gasteiger partial charge in [0.05, 0.1) is 0 Å². The molecule has 1 aromatic carbocycles. The van der Waals surface area contributed by atoms with Crippen LogP contribution in [0.4, 0.5) is 5.95 Å². The number of aromatic nitrogens is 3. The van der Waals surface area contributed by atoms with Crippen LogP contribution in [0, 0.1) is 4.77 Å². The lowest BCUT2D eigenvalue weighted by molar-refractivity contribution is 0.654. The van der Waals surface area contributed by atoms with Crippen molar-refractivity contribution in [1.82, 2.24) is 14.8 Å². The van der Waals surface area contributed by atoms with E-state index in [9.17, 15) is 0 Å². The summed E-state index contributed by atoms with van der Waals surface area (Å²) in [7, 11) is 2.00. The van der Waals surface area contributed by atoms with Gasteiger partial charge in [0, 0.05) is 25.2 Å². The number of hydrogen-bond acceptors (Lipinski definition) is 3. The number of halogens is 1. The summed E-state index contributed by atoms with van der Waals surface area (Å²) >= 11 is 11.2. The molecule has 2 rings (SSSR count). The molecule has 0 aliphatic carbocycles. The molecule has 0 amide bonds. The summed E-state index contributed by atoms with van der Waals surface area (Å²) in [5.41, 5.74) is 1.15. The maximum atomic E-state index is 6.00. The average Bonchev–Trinajstić information content (AvgIpc) is 2.72. The second-order valence-electron chi connectivity index (χ2n) is 4.47. The summed E-state index contributed by atoms with van der Waals surface area (Å²) < 4.78 is 2.68. The molecule has 19 heavy (non-hydrogen) atoms. The van der Waals surface area contributed by atoms with Gasteiger partial charge in [0.15, 0.2) is 4.77 Å². The van der Waals surface area contributed by atoms with E-state index >= 15 is 0 Å². The molecule has 1 aromatic heterocycles. The third-order valence-corrected chi connectivity index (χ3v) is 3.38. The Kier molecular flexibility index (Phi) is 4.61. The van der Waals surface area contributed by atoms with E-state index in [1.54, 1.807) is 0 Å². The van der Waals surface area contributed by atoms with Crippen molar-refractivity contribution >= 4 is 29.8 Å². The van der Waals surface area contributed by atoms with Crippen LogP contribution in [0.25, 0.3) is 0 Å². The molecule has 0 atom stereocenters. The molecular formula is C13H17ClN4S. The Hall–Kier alpha value is -1.33. The highest BCUT2D eigenvalue weighted by Gasteiger charge is 2.11. The van der Waals surface area contributed by atoms with Gasteiger partial charge in [0.2, 0.25) is 5.95 Å². The van der Waals surface area contributed by atoms with Gasteiger partial charge >= 0.3 is 0 Å². The molecule has 0 fully saturated rings. The van der Waals surface area contributed by atoms with E-state index < -0.39 is 0 Å². The summed E-state index contributed by atoms with van der Waals surface area (Å²) in [5, 5.41) is 7.89. The van der Waals surface area contributed by atoms with E-state index in [-0.39, 0.29) is 0 Å². The van der Waals surface area contributed by atoms with E-state index in [0.717, 1.165) is 36.0 Å². The van der Waals surface area contributed by atoms with Crippen LogP contribution in [0.1, 0.15) is 18.9 Å². The number of rotatable bonds is 5. The third kappa shape index (κ3) is 3.36. The second-order valence-corrected chi connectivity index (χ2v) is 5.29. The number of H-pyrrole nitrogens is 1. The molecule has 1 N–H and O–H groups in total. The van der Waals surface area contributed by atoms with Crippen molar-refractivity contribution in [3.8, 4) is 0 Å². The third-order valence-electron chi connectivity index (χ3n) is 2.84. The zero-order valence-electron chi connectivity index (χ0n) is 11.1. The number of nitrogens with zero attached hydrogens (tertiary/aromatic N) is 3. The average molecular weight is 297 g/mol. The first kappa shape index (κ1) is 14.1.